The van der Waals surface area contributed by atoms with E-state index in [0.717, 1.165) is 5.56 Å². The van der Waals surface area contributed by atoms with Crippen LogP contribution in [0.4, 0.5) is 5.69 Å². The first-order valence-corrected chi connectivity index (χ1v) is 9.25. The average Bonchev–Trinajstić information content (AvgIpc) is 3.14. The van der Waals surface area contributed by atoms with Crippen molar-refractivity contribution in [1.82, 2.24) is 0 Å². The molecule has 0 aliphatic rings. The highest BCUT2D eigenvalue weighted by atomic mass is 32.2. The second-order valence-electron chi connectivity index (χ2n) is 5.62. The zero-order valence-electron chi connectivity index (χ0n) is 14.2. The number of methoxy groups -OCH3 is 1. The third kappa shape index (κ3) is 3.62. The molecular weight excluding hydrogens is 354 g/mol. The van der Waals surface area contributed by atoms with E-state index in [-0.39, 0.29) is 15.7 Å². The molecule has 1 N–H and O–H groups in total. The summed E-state index contributed by atoms with van der Waals surface area (Å²) in [6.45, 7) is 1.87. The summed E-state index contributed by atoms with van der Waals surface area (Å²) in [5.41, 5.74) is 1.48. The number of amides is 1. The third-order valence-electron chi connectivity index (χ3n) is 3.75. The molecule has 0 fully saturated rings. The van der Waals surface area contributed by atoms with E-state index in [1.165, 1.54) is 24.3 Å². The van der Waals surface area contributed by atoms with Gasteiger partial charge in [-0.1, -0.05) is 17.7 Å². The molecule has 6 nitrogen and oxygen atoms in total. The van der Waals surface area contributed by atoms with Crippen LogP contribution in [0, 0.1) is 6.92 Å². The Bertz CT molecular complexity index is 1020. The van der Waals surface area contributed by atoms with Crippen molar-refractivity contribution in [3.8, 4) is 5.75 Å². The van der Waals surface area contributed by atoms with Crippen LogP contribution in [0.15, 0.2) is 75.1 Å². The van der Waals surface area contributed by atoms with E-state index in [9.17, 15) is 13.2 Å². The number of furan rings is 1. The van der Waals surface area contributed by atoms with Gasteiger partial charge in [0.25, 0.3) is 5.91 Å². The Kier molecular flexibility index (Phi) is 4.81. The maximum atomic E-state index is 12.6. The number of hydrogen-bond donors (Lipinski definition) is 1. The first-order valence-electron chi connectivity index (χ1n) is 7.77. The summed E-state index contributed by atoms with van der Waals surface area (Å²) in [6.07, 6.45) is 0. The quantitative estimate of drug-likeness (QED) is 0.739. The fraction of sp³-hybridized carbons (Fsp3) is 0.105. The lowest BCUT2D eigenvalue weighted by Crippen LogP contribution is -2.10. The molecule has 0 aliphatic carbocycles. The first-order chi connectivity index (χ1) is 12.4. The summed E-state index contributed by atoms with van der Waals surface area (Å²) in [6, 6.07) is 15.8. The van der Waals surface area contributed by atoms with Crippen molar-refractivity contribution in [1.29, 1.82) is 0 Å². The molecule has 0 radical (unpaired) electrons. The highest BCUT2D eigenvalue weighted by Crippen LogP contribution is 2.24. The number of carbonyl (C=O) groups excluding carboxylic acids is 1. The monoisotopic (exact) mass is 371 g/mol. The van der Waals surface area contributed by atoms with E-state index in [1.54, 1.807) is 43.5 Å². The molecule has 3 aromatic rings. The van der Waals surface area contributed by atoms with Gasteiger partial charge in [-0.3, -0.25) is 4.79 Å². The molecule has 2 aromatic carbocycles. The minimum Gasteiger partial charge on any atom is -0.497 e. The number of aryl methyl sites for hydroxylation is 1. The highest BCUT2D eigenvalue weighted by Gasteiger charge is 2.23. The summed E-state index contributed by atoms with van der Waals surface area (Å²) in [5, 5.41) is 2.36. The molecule has 0 saturated carbocycles. The van der Waals surface area contributed by atoms with Crippen molar-refractivity contribution in [2.24, 2.45) is 0 Å². The molecule has 0 aliphatic heterocycles. The van der Waals surface area contributed by atoms with Crippen LogP contribution in [-0.2, 0) is 9.84 Å². The maximum absolute atomic E-state index is 12.6. The average molecular weight is 371 g/mol. The van der Waals surface area contributed by atoms with Gasteiger partial charge >= 0.3 is 0 Å². The molecule has 0 bridgehead atoms. The van der Waals surface area contributed by atoms with E-state index in [2.05, 4.69) is 5.32 Å². The van der Waals surface area contributed by atoms with Gasteiger partial charge in [-0.25, -0.2) is 8.42 Å². The molecule has 0 unspecified atom stereocenters. The summed E-state index contributed by atoms with van der Waals surface area (Å²) in [4.78, 5) is 12.4. The Balaban J connectivity index is 1.80. The van der Waals surface area contributed by atoms with Crippen LogP contribution < -0.4 is 10.1 Å². The summed E-state index contributed by atoms with van der Waals surface area (Å²) in [5.74, 6) is 0.0273. The normalized spacial score (nSPS) is 11.2. The number of ether oxygens (including phenoxy) is 1. The Hall–Kier alpha value is -3.06. The Morgan fingerprint density at radius 1 is 0.962 bits per heavy atom. The molecule has 0 spiro atoms. The second-order valence-corrected chi connectivity index (χ2v) is 7.50. The predicted octanol–water partition coefficient (Wildman–Crippen LogP) is 3.68. The van der Waals surface area contributed by atoms with Gasteiger partial charge in [-0.2, -0.15) is 0 Å². The van der Waals surface area contributed by atoms with Gasteiger partial charge in [0.05, 0.1) is 12.0 Å². The van der Waals surface area contributed by atoms with Gasteiger partial charge in [-0.15, -0.1) is 0 Å². The van der Waals surface area contributed by atoms with Gasteiger partial charge in [0.15, 0.2) is 5.76 Å². The predicted molar refractivity (Wildman–Crippen MR) is 96.3 cm³/mol. The minimum absolute atomic E-state index is 0.0912. The van der Waals surface area contributed by atoms with E-state index in [4.69, 9.17) is 9.15 Å². The molecule has 1 heterocycles. The molecule has 134 valence electrons. The van der Waals surface area contributed by atoms with Crippen molar-refractivity contribution in [2.75, 3.05) is 12.4 Å². The molecule has 0 atom stereocenters. The van der Waals surface area contributed by atoms with Gasteiger partial charge in [0.2, 0.25) is 14.9 Å². The highest BCUT2D eigenvalue weighted by molar-refractivity contribution is 7.91. The minimum atomic E-state index is -3.81. The van der Waals surface area contributed by atoms with Gasteiger partial charge < -0.3 is 14.5 Å². The lowest BCUT2D eigenvalue weighted by Gasteiger charge is -2.05. The fourth-order valence-electron chi connectivity index (χ4n) is 2.29. The summed E-state index contributed by atoms with van der Waals surface area (Å²) < 4.78 is 35.5. The molecule has 1 amide bonds. The van der Waals surface area contributed by atoms with Crippen LogP contribution in [0.1, 0.15) is 16.1 Å². The Morgan fingerprint density at radius 2 is 1.62 bits per heavy atom. The van der Waals surface area contributed by atoms with Crippen molar-refractivity contribution in [3.05, 3.63) is 72.0 Å². The molecular formula is C19H17NO5S. The molecule has 26 heavy (non-hydrogen) atoms. The SMILES string of the molecule is COc1ccc(NC(=O)c2ccc(S(=O)(=O)c3ccc(C)cc3)o2)cc1. The summed E-state index contributed by atoms with van der Waals surface area (Å²) in [7, 11) is -2.27. The largest absolute Gasteiger partial charge is 0.497 e. The second kappa shape index (κ2) is 7.05. The van der Waals surface area contributed by atoms with E-state index >= 15 is 0 Å². The van der Waals surface area contributed by atoms with Crippen molar-refractivity contribution >= 4 is 21.4 Å². The smallest absolute Gasteiger partial charge is 0.291 e. The van der Waals surface area contributed by atoms with Crippen LogP contribution in [0.25, 0.3) is 0 Å². The van der Waals surface area contributed by atoms with E-state index in [0.29, 0.717) is 11.4 Å². The van der Waals surface area contributed by atoms with Crippen LogP contribution in [0.3, 0.4) is 0 Å². The van der Waals surface area contributed by atoms with E-state index in [1.807, 2.05) is 6.92 Å². The summed E-state index contributed by atoms with van der Waals surface area (Å²) >= 11 is 0. The van der Waals surface area contributed by atoms with Crippen LogP contribution in [0.5, 0.6) is 5.75 Å². The number of rotatable bonds is 5. The number of benzene rings is 2. The Morgan fingerprint density at radius 3 is 2.23 bits per heavy atom. The number of hydrogen-bond acceptors (Lipinski definition) is 5. The molecule has 7 heteroatoms. The van der Waals surface area contributed by atoms with Gasteiger partial charge in [0, 0.05) is 5.69 Å². The standard InChI is InChI=1S/C19H17NO5S/c1-13-3-9-16(10-4-13)26(22,23)18-12-11-17(25-18)19(21)20-14-5-7-15(24-2)8-6-14/h3-12H,1-2H3,(H,20,21). The maximum Gasteiger partial charge on any atom is 0.291 e. The fourth-order valence-corrected chi connectivity index (χ4v) is 3.46. The Labute approximate surface area is 151 Å². The van der Waals surface area contributed by atoms with Crippen LogP contribution >= 0.6 is 0 Å². The lowest BCUT2D eigenvalue weighted by atomic mass is 10.2. The number of carbonyl (C=O) groups is 1. The first kappa shape index (κ1) is 17.8. The molecule has 0 saturated heterocycles. The van der Waals surface area contributed by atoms with Crippen molar-refractivity contribution in [3.63, 3.8) is 0 Å². The lowest BCUT2D eigenvalue weighted by molar-refractivity contribution is 0.0991. The molecule has 1 aromatic heterocycles. The molecule has 3 rings (SSSR count). The van der Waals surface area contributed by atoms with Crippen molar-refractivity contribution < 1.29 is 22.4 Å². The number of anilines is 1. The zero-order chi connectivity index (χ0) is 18.7. The number of nitrogens with one attached hydrogen (secondary N) is 1. The van der Waals surface area contributed by atoms with Gasteiger partial charge in [-0.05, 0) is 55.5 Å². The number of sulfone groups is 1. The van der Waals surface area contributed by atoms with Crippen molar-refractivity contribution in [2.45, 2.75) is 16.9 Å². The zero-order valence-corrected chi connectivity index (χ0v) is 15.0. The van der Waals surface area contributed by atoms with Crippen LogP contribution in [0.2, 0.25) is 0 Å². The topological polar surface area (TPSA) is 85.6 Å². The third-order valence-corrected chi connectivity index (χ3v) is 5.39. The van der Waals surface area contributed by atoms with Crippen LogP contribution in [-0.4, -0.2) is 21.4 Å². The van der Waals surface area contributed by atoms with Gasteiger partial charge in [0.1, 0.15) is 5.75 Å². The van der Waals surface area contributed by atoms with E-state index < -0.39 is 15.7 Å².